The van der Waals surface area contributed by atoms with Gasteiger partial charge in [-0.15, -0.1) is 0 Å². The normalized spacial score (nSPS) is 17.7. The lowest BCUT2D eigenvalue weighted by atomic mass is 9.99. The highest BCUT2D eigenvalue weighted by Gasteiger charge is 2.27. The Morgan fingerprint density at radius 3 is 3.09 bits per heavy atom. The summed E-state index contributed by atoms with van der Waals surface area (Å²) in [6.45, 7) is 1.61. The van der Waals surface area contributed by atoms with Gasteiger partial charge in [-0.1, -0.05) is 18.2 Å². The molecule has 4 rings (SSSR count). The van der Waals surface area contributed by atoms with Gasteiger partial charge in [0.25, 0.3) is 5.91 Å². The number of para-hydroxylation sites is 1. The lowest BCUT2D eigenvalue weighted by molar-refractivity contribution is 0.0781. The molecule has 23 heavy (non-hydrogen) atoms. The lowest BCUT2D eigenvalue weighted by Crippen LogP contribution is -2.29. The van der Waals surface area contributed by atoms with Crippen molar-refractivity contribution in [2.45, 2.75) is 12.8 Å². The minimum Gasteiger partial charge on any atom is -0.337 e. The van der Waals surface area contributed by atoms with Crippen LogP contribution in [0.25, 0.3) is 10.9 Å². The maximum atomic E-state index is 12.3. The molecule has 0 saturated carbocycles. The van der Waals surface area contributed by atoms with E-state index in [0.29, 0.717) is 11.6 Å². The maximum Gasteiger partial charge on any atom is 0.271 e. The Balaban J connectivity index is 1.44. The Bertz CT molecular complexity index is 828. The molecule has 1 unspecified atom stereocenters. The number of carbonyl (C=O) groups excluding carboxylic acids is 1. The van der Waals surface area contributed by atoms with E-state index in [1.54, 1.807) is 12.3 Å². The van der Waals surface area contributed by atoms with Crippen LogP contribution < -0.4 is 0 Å². The molecule has 0 radical (unpaired) electrons. The van der Waals surface area contributed by atoms with Crippen LogP contribution in [-0.2, 0) is 6.42 Å². The number of carbonyl (C=O) groups is 1. The van der Waals surface area contributed by atoms with Crippen LogP contribution in [0.2, 0.25) is 0 Å². The van der Waals surface area contributed by atoms with Crippen LogP contribution in [0.15, 0.2) is 48.8 Å². The van der Waals surface area contributed by atoms with Gasteiger partial charge in [0, 0.05) is 30.9 Å². The number of pyridine rings is 1. The predicted octanol–water partition coefficient (Wildman–Crippen LogP) is 2.66. The number of amides is 1. The number of hydrogen-bond acceptors (Lipinski definition) is 3. The Kier molecular flexibility index (Phi) is 3.54. The summed E-state index contributed by atoms with van der Waals surface area (Å²) < 4.78 is 0. The monoisotopic (exact) mass is 306 g/mol. The van der Waals surface area contributed by atoms with Gasteiger partial charge < -0.3 is 4.90 Å². The average Bonchev–Trinajstić information content (AvgIpc) is 3.26. The first-order valence-electron chi connectivity index (χ1n) is 7.92. The van der Waals surface area contributed by atoms with Crippen LogP contribution in [0.3, 0.4) is 0 Å². The molecule has 3 heterocycles. The highest BCUT2D eigenvalue weighted by Crippen LogP contribution is 2.23. The number of nitrogens with zero attached hydrogens (tertiary/aromatic N) is 3. The summed E-state index contributed by atoms with van der Waals surface area (Å²) in [5.41, 5.74) is 2.83. The first-order chi connectivity index (χ1) is 11.3. The van der Waals surface area contributed by atoms with Crippen LogP contribution in [0.5, 0.6) is 0 Å². The Morgan fingerprint density at radius 1 is 1.30 bits per heavy atom. The third-order valence-electron chi connectivity index (χ3n) is 4.48. The molecule has 2 aromatic heterocycles. The van der Waals surface area contributed by atoms with Crippen LogP contribution >= 0.6 is 0 Å². The van der Waals surface area contributed by atoms with E-state index in [1.807, 2.05) is 29.3 Å². The fourth-order valence-electron chi connectivity index (χ4n) is 3.29. The summed E-state index contributed by atoms with van der Waals surface area (Å²) in [4.78, 5) is 18.8. The Hall–Kier alpha value is -2.69. The Morgan fingerprint density at radius 2 is 2.22 bits per heavy atom. The number of hydrogen-bond donors (Lipinski definition) is 1. The van der Waals surface area contributed by atoms with Gasteiger partial charge in [-0.2, -0.15) is 5.10 Å². The summed E-state index contributed by atoms with van der Waals surface area (Å²) >= 11 is 0. The number of nitrogens with one attached hydrogen (secondary N) is 1. The van der Waals surface area contributed by atoms with E-state index in [2.05, 4.69) is 27.3 Å². The second kappa shape index (κ2) is 5.83. The standard InChI is InChI=1S/C18H18N4O/c23-18(17-5-7-20-21-17)22-8-6-13(12-22)9-14-10-15-3-1-2-4-16(15)19-11-14/h1-5,7,10-11,13H,6,8-9,12H2,(H,20,21). The zero-order valence-corrected chi connectivity index (χ0v) is 12.8. The molecule has 3 aromatic rings. The zero-order chi connectivity index (χ0) is 15.6. The third kappa shape index (κ3) is 2.82. The van der Waals surface area contributed by atoms with E-state index in [1.165, 1.54) is 10.9 Å². The van der Waals surface area contributed by atoms with Crippen LogP contribution in [0.1, 0.15) is 22.5 Å². The molecule has 1 aliphatic heterocycles. The minimum absolute atomic E-state index is 0.0432. The van der Waals surface area contributed by atoms with Crippen molar-refractivity contribution in [3.63, 3.8) is 0 Å². The molecular formula is C18H18N4O. The van der Waals surface area contributed by atoms with Crippen LogP contribution in [0, 0.1) is 5.92 Å². The molecule has 116 valence electrons. The second-order valence-corrected chi connectivity index (χ2v) is 6.12. The first-order valence-corrected chi connectivity index (χ1v) is 7.92. The van der Waals surface area contributed by atoms with E-state index in [-0.39, 0.29) is 5.91 Å². The van der Waals surface area contributed by atoms with Crippen molar-refractivity contribution in [2.75, 3.05) is 13.1 Å². The Labute approximate surface area is 134 Å². The van der Waals surface area contributed by atoms with Gasteiger partial charge in [0.05, 0.1) is 5.52 Å². The molecule has 1 aromatic carbocycles. The van der Waals surface area contributed by atoms with Gasteiger partial charge in [-0.3, -0.25) is 14.9 Å². The molecule has 5 nitrogen and oxygen atoms in total. The topological polar surface area (TPSA) is 61.9 Å². The molecule has 0 bridgehead atoms. The van der Waals surface area contributed by atoms with E-state index >= 15 is 0 Å². The predicted molar refractivity (Wildman–Crippen MR) is 88.0 cm³/mol. The third-order valence-corrected chi connectivity index (χ3v) is 4.48. The van der Waals surface area contributed by atoms with Gasteiger partial charge in [-0.05, 0) is 42.5 Å². The van der Waals surface area contributed by atoms with Crippen molar-refractivity contribution >= 4 is 16.8 Å². The molecule has 1 fully saturated rings. The molecule has 1 atom stereocenters. The number of rotatable bonds is 3. The van der Waals surface area contributed by atoms with Crippen LogP contribution in [0.4, 0.5) is 0 Å². The lowest BCUT2D eigenvalue weighted by Gasteiger charge is -2.15. The molecule has 1 N–H and O–H groups in total. The van der Waals surface area contributed by atoms with E-state index in [9.17, 15) is 4.79 Å². The quantitative estimate of drug-likeness (QED) is 0.809. The van der Waals surface area contributed by atoms with E-state index in [4.69, 9.17) is 0 Å². The largest absolute Gasteiger partial charge is 0.337 e. The second-order valence-electron chi connectivity index (χ2n) is 6.12. The summed E-state index contributed by atoms with van der Waals surface area (Å²) in [6, 6.07) is 12.1. The highest BCUT2D eigenvalue weighted by atomic mass is 16.2. The SMILES string of the molecule is O=C(c1ccn[nH]1)N1CCC(Cc2cnc3ccccc3c2)C1. The first kappa shape index (κ1) is 13.9. The van der Waals surface area contributed by atoms with Gasteiger partial charge >= 0.3 is 0 Å². The average molecular weight is 306 g/mol. The van der Waals surface area contributed by atoms with Crippen molar-refractivity contribution < 1.29 is 4.79 Å². The number of aromatic amines is 1. The molecule has 0 spiro atoms. The van der Waals surface area contributed by atoms with Gasteiger partial charge in [0.2, 0.25) is 0 Å². The maximum absolute atomic E-state index is 12.3. The van der Waals surface area contributed by atoms with Gasteiger partial charge in [0.1, 0.15) is 5.69 Å². The fourth-order valence-corrected chi connectivity index (χ4v) is 3.29. The number of aromatic nitrogens is 3. The minimum atomic E-state index is 0.0432. The molecule has 1 amide bonds. The smallest absolute Gasteiger partial charge is 0.271 e. The van der Waals surface area contributed by atoms with Gasteiger partial charge in [-0.25, -0.2) is 0 Å². The number of likely N-dealkylation sites (tertiary alicyclic amines) is 1. The molecule has 5 heteroatoms. The fraction of sp³-hybridized carbons (Fsp3) is 0.278. The van der Waals surface area contributed by atoms with E-state index < -0.39 is 0 Å². The van der Waals surface area contributed by atoms with Crippen molar-refractivity contribution in [3.8, 4) is 0 Å². The highest BCUT2D eigenvalue weighted by molar-refractivity contribution is 5.92. The number of fused-ring (bicyclic) bond motifs is 1. The zero-order valence-electron chi connectivity index (χ0n) is 12.8. The van der Waals surface area contributed by atoms with Crippen LogP contribution in [-0.4, -0.2) is 39.1 Å². The van der Waals surface area contributed by atoms with Crippen molar-refractivity contribution in [1.29, 1.82) is 0 Å². The van der Waals surface area contributed by atoms with Crippen molar-refractivity contribution in [3.05, 3.63) is 60.0 Å². The molecular weight excluding hydrogens is 288 g/mol. The summed E-state index contributed by atoms with van der Waals surface area (Å²) in [5, 5.41) is 7.77. The summed E-state index contributed by atoms with van der Waals surface area (Å²) in [5.74, 6) is 0.534. The summed E-state index contributed by atoms with van der Waals surface area (Å²) in [7, 11) is 0. The van der Waals surface area contributed by atoms with Crippen molar-refractivity contribution in [1.82, 2.24) is 20.1 Å². The summed E-state index contributed by atoms with van der Waals surface area (Å²) in [6.07, 6.45) is 5.57. The van der Waals surface area contributed by atoms with E-state index in [0.717, 1.165) is 31.4 Å². The number of H-pyrrole nitrogens is 1. The molecule has 0 aliphatic carbocycles. The number of benzene rings is 1. The van der Waals surface area contributed by atoms with Gasteiger partial charge in [0.15, 0.2) is 0 Å². The molecule has 1 aliphatic rings. The van der Waals surface area contributed by atoms with Crippen molar-refractivity contribution in [2.24, 2.45) is 5.92 Å². The molecule has 1 saturated heterocycles.